The van der Waals surface area contributed by atoms with Crippen molar-refractivity contribution in [1.29, 1.82) is 0 Å². The van der Waals surface area contributed by atoms with Crippen molar-refractivity contribution in [2.75, 3.05) is 0 Å². The summed E-state index contributed by atoms with van der Waals surface area (Å²) in [6.45, 7) is 0. The number of nitrogens with zero attached hydrogens (tertiary/aromatic N) is 3. The zero-order valence-corrected chi connectivity index (χ0v) is 9.21. The van der Waals surface area contributed by atoms with Gasteiger partial charge in [-0.3, -0.25) is 0 Å². The van der Waals surface area contributed by atoms with Crippen LogP contribution in [-0.2, 0) is 0 Å². The van der Waals surface area contributed by atoms with Crippen molar-refractivity contribution < 1.29 is 4.42 Å². The van der Waals surface area contributed by atoms with Crippen LogP contribution in [0.25, 0.3) is 22.7 Å². The van der Waals surface area contributed by atoms with Gasteiger partial charge in [0.25, 0.3) is 0 Å². The largest absolute Gasteiger partial charge is 0.461 e. The molecule has 0 saturated heterocycles. The topological polar surface area (TPSA) is 43.9 Å². The molecule has 0 radical (unpaired) electrons. The highest BCUT2D eigenvalue weighted by molar-refractivity contribution is 5.76. The minimum Gasteiger partial charge on any atom is -0.461 e. The molecular weight excluding hydrogens is 214 g/mol. The maximum atomic E-state index is 5.46. The highest BCUT2D eigenvalue weighted by atomic mass is 16.3. The van der Waals surface area contributed by atoms with E-state index < -0.39 is 0 Å². The minimum atomic E-state index is 0.537. The molecule has 4 nitrogen and oxygen atoms in total. The van der Waals surface area contributed by atoms with E-state index in [0.717, 1.165) is 22.7 Å². The zero-order valence-electron chi connectivity index (χ0n) is 9.21. The Labute approximate surface area is 97.9 Å². The van der Waals surface area contributed by atoms with Gasteiger partial charge in [-0.2, -0.15) is 0 Å². The average molecular weight is 225 g/mol. The summed E-state index contributed by atoms with van der Waals surface area (Å²) in [6.07, 6.45) is 5.90. The van der Waals surface area contributed by atoms with Gasteiger partial charge in [0, 0.05) is 12.2 Å². The van der Waals surface area contributed by atoms with E-state index in [1.54, 1.807) is 6.26 Å². The van der Waals surface area contributed by atoms with Gasteiger partial charge in [-0.15, -0.1) is 0 Å². The summed E-state index contributed by atoms with van der Waals surface area (Å²) in [4.78, 5) is 9.05. The Morgan fingerprint density at radius 1 is 1.24 bits per heavy atom. The summed E-state index contributed by atoms with van der Waals surface area (Å²) in [5.41, 5.74) is 1.90. The summed E-state index contributed by atoms with van der Waals surface area (Å²) in [7, 11) is 0. The third-order valence-corrected chi connectivity index (χ3v) is 3.10. The van der Waals surface area contributed by atoms with E-state index in [9.17, 15) is 0 Å². The van der Waals surface area contributed by atoms with Gasteiger partial charge in [0.1, 0.15) is 5.52 Å². The first-order valence-corrected chi connectivity index (χ1v) is 5.80. The van der Waals surface area contributed by atoms with Gasteiger partial charge in [0.05, 0.1) is 6.26 Å². The van der Waals surface area contributed by atoms with Crippen LogP contribution in [0.4, 0.5) is 0 Å². The average Bonchev–Trinajstić information content (AvgIpc) is 2.94. The van der Waals surface area contributed by atoms with Crippen LogP contribution >= 0.6 is 0 Å². The van der Waals surface area contributed by atoms with Crippen LogP contribution in [0.2, 0.25) is 0 Å². The van der Waals surface area contributed by atoms with Crippen LogP contribution in [0.3, 0.4) is 0 Å². The number of pyridine rings is 1. The van der Waals surface area contributed by atoms with Gasteiger partial charge in [0.2, 0.25) is 0 Å². The Kier molecular flexibility index (Phi) is 1.69. The highest BCUT2D eigenvalue weighted by Gasteiger charge is 2.29. The standard InChI is InChI=1S/C13H11N3O/c1-3-10-12(14-7-1)16(9-5-6-9)13(15-10)11-4-2-8-17-11/h1-4,7-9H,5-6H2. The van der Waals surface area contributed by atoms with E-state index in [4.69, 9.17) is 4.42 Å². The molecule has 17 heavy (non-hydrogen) atoms. The second-order valence-electron chi connectivity index (χ2n) is 4.36. The first kappa shape index (κ1) is 8.98. The Morgan fingerprint density at radius 3 is 2.94 bits per heavy atom. The second kappa shape index (κ2) is 3.20. The molecule has 0 bridgehead atoms. The molecule has 3 aromatic rings. The molecule has 1 saturated carbocycles. The molecule has 1 aliphatic carbocycles. The predicted octanol–water partition coefficient (Wildman–Crippen LogP) is 3.03. The highest BCUT2D eigenvalue weighted by Crippen LogP contribution is 2.40. The monoisotopic (exact) mass is 225 g/mol. The Balaban J connectivity index is 2.05. The van der Waals surface area contributed by atoms with Gasteiger partial charge in [-0.25, -0.2) is 9.97 Å². The third kappa shape index (κ3) is 1.30. The fourth-order valence-electron chi connectivity index (χ4n) is 2.19. The summed E-state index contributed by atoms with van der Waals surface area (Å²) in [5, 5.41) is 0. The summed E-state index contributed by atoms with van der Waals surface area (Å²) in [5.74, 6) is 1.71. The molecule has 0 unspecified atom stereocenters. The van der Waals surface area contributed by atoms with Crippen molar-refractivity contribution in [3.05, 3.63) is 36.7 Å². The van der Waals surface area contributed by atoms with Crippen LogP contribution in [0.1, 0.15) is 18.9 Å². The number of hydrogen-bond acceptors (Lipinski definition) is 3. The molecule has 0 atom stereocenters. The lowest BCUT2D eigenvalue weighted by Crippen LogP contribution is -1.97. The minimum absolute atomic E-state index is 0.537. The van der Waals surface area contributed by atoms with E-state index in [-0.39, 0.29) is 0 Å². The van der Waals surface area contributed by atoms with Crippen molar-refractivity contribution in [3.8, 4) is 11.6 Å². The van der Waals surface area contributed by atoms with E-state index in [1.165, 1.54) is 12.8 Å². The van der Waals surface area contributed by atoms with Crippen molar-refractivity contribution in [2.45, 2.75) is 18.9 Å². The van der Waals surface area contributed by atoms with E-state index in [0.29, 0.717) is 6.04 Å². The van der Waals surface area contributed by atoms with Crippen LogP contribution in [0.5, 0.6) is 0 Å². The van der Waals surface area contributed by atoms with E-state index in [2.05, 4.69) is 14.5 Å². The molecule has 0 aromatic carbocycles. The second-order valence-corrected chi connectivity index (χ2v) is 4.36. The zero-order chi connectivity index (χ0) is 11.2. The molecule has 0 N–H and O–H groups in total. The molecule has 0 spiro atoms. The van der Waals surface area contributed by atoms with Gasteiger partial charge in [-0.1, -0.05) is 0 Å². The van der Waals surface area contributed by atoms with Crippen molar-refractivity contribution in [1.82, 2.24) is 14.5 Å². The maximum Gasteiger partial charge on any atom is 0.178 e. The van der Waals surface area contributed by atoms with Gasteiger partial charge in [0.15, 0.2) is 17.2 Å². The van der Waals surface area contributed by atoms with Crippen molar-refractivity contribution >= 4 is 11.2 Å². The molecule has 1 aliphatic rings. The molecule has 0 aliphatic heterocycles. The van der Waals surface area contributed by atoms with Crippen LogP contribution < -0.4 is 0 Å². The van der Waals surface area contributed by atoms with E-state index >= 15 is 0 Å². The number of aromatic nitrogens is 3. The molecule has 3 heterocycles. The number of furan rings is 1. The lowest BCUT2D eigenvalue weighted by atomic mass is 10.4. The molecule has 3 aromatic heterocycles. The van der Waals surface area contributed by atoms with Gasteiger partial charge < -0.3 is 8.98 Å². The normalized spacial score (nSPS) is 15.5. The summed E-state index contributed by atoms with van der Waals surface area (Å²) < 4.78 is 7.66. The predicted molar refractivity (Wildman–Crippen MR) is 63.5 cm³/mol. The van der Waals surface area contributed by atoms with Crippen LogP contribution in [-0.4, -0.2) is 14.5 Å². The van der Waals surface area contributed by atoms with Crippen molar-refractivity contribution in [2.24, 2.45) is 0 Å². The fourth-order valence-corrected chi connectivity index (χ4v) is 2.19. The third-order valence-electron chi connectivity index (χ3n) is 3.10. The SMILES string of the molecule is c1coc(-c2nc3cccnc3n2C2CC2)c1. The van der Waals surface area contributed by atoms with Crippen LogP contribution in [0.15, 0.2) is 41.1 Å². The first-order chi connectivity index (χ1) is 8.43. The smallest absolute Gasteiger partial charge is 0.178 e. The molecule has 0 amide bonds. The maximum absolute atomic E-state index is 5.46. The molecule has 4 heteroatoms. The number of imidazole rings is 1. The molecule has 84 valence electrons. The van der Waals surface area contributed by atoms with Gasteiger partial charge >= 0.3 is 0 Å². The Bertz CT molecular complexity index is 665. The molecule has 4 rings (SSSR count). The molecule has 1 fully saturated rings. The van der Waals surface area contributed by atoms with Gasteiger partial charge in [-0.05, 0) is 37.1 Å². The van der Waals surface area contributed by atoms with E-state index in [1.807, 2.05) is 30.5 Å². The number of hydrogen-bond donors (Lipinski definition) is 0. The number of fused-ring (bicyclic) bond motifs is 1. The molecular formula is C13H11N3O. The first-order valence-electron chi connectivity index (χ1n) is 5.80. The summed E-state index contributed by atoms with van der Waals surface area (Å²) >= 11 is 0. The van der Waals surface area contributed by atoms with Crippen molar-refractivity contribution in [3.63, 3.8) is 0 Å². The lowest BCUT2D eigenvalue weighted by molar-refractivity contribution is 0.570. The summed E-state index contributed by atoms with van der Waals surface area (Å²) in [6, 6.07) is 8.28. The lowest BCUT2D eigenvalue weighted by Gasteiger charge is -2.03. The fraction of sp³-hybridized carbons (Fsp3) is 0.231. The Morgan fingerprint density at radius 2 is 2.18 bits per heavy atom. The van der Waals surface area contributed by atoms with Crippen LogP contribution in [0, 0.1) is 0 Å². The quantitative estimate of drug-likeness (QED) is 0.673. The number of rotatable bonds is 2. The Hall–Kier alpha value is -2.10.